The molecule has 1 heterocycles. The van der Waals surface area contributed by atoms with Crippen molar-refractivity contribution in [1.29, 1.82) is 0 Å². The Labute approximate surface area is 228 Å². The SMILES string of the molecule is [2H]c1c([2H])c([2H])c2c(CCN(C)C(=O)OCOC(=O)CCCCCCC/C=C\C/C=C\CCCCC)c[nH]c2c1[2H]. The van der Waals surface area contributed by atoms with Crippen LogP contribution in [-0.4, -0.2) is 42.3 Å². The standard InChI is InChI=1S/C31H46N2O4/c1-3-4-5-6-7-8-9-10-11-12-13-14-15-16-17-22-30(34)36-26-37-31(35)33(2)24-23-27-25-32-29-21-19-18-20-28(27)29/h7-8,10-11,18-21,25,32H,3-6,9,12-17,22-24,26H2,1-2H3/b8-7-,11-10-/i18D,19D,20D,21D. The number of rotatable bonds is 19. The minimum atomic E-state index is -0.642. The molecule has 6 nitrogen and oxygen atoms in total. The Balaban J connectivity index is 1.52. The molecule has 0 radical (unpaired) electrons. The van der Waals surface area contributed by atoms with Crippen LogP contribution in [0.1, 0.15) is 95.0 Å². The lowest BCUT2D eigenvalue weighted by atomic mass is 10.1. The number of hydrogen-bond acceptors (Lipinski definition) is 4. The average molecular weight is 515 g/mol. The molecule has 2 rings (SSSR count). The van der Waals surface area contributed by atoms with Crippen molar-refractivity contribution in [3.63, 3.8) is 0 Å². The first kappa shape index (κ1) is 24.3. The van der Waals surface area contributed by atoms with Crippen molar-refractivity contribution < 1.29 is 24.5 Å². The topological polar surface area (TPSA) is 71.6 Å². The minimum absolute atomic E-state index is 0.113. The van der Waals surface area contributed by atoms with E-state index in [2.05, 4.69) is 36.2 Å². The number of nitrogens with one attached hydrogen (secondary N) is 1. The molecule has 0 fully saturated rings. The van der Waals surface area contributed by atoms with Gasteiger partial charge in [-0.15, -0.1) is 0 Å². The summed E-state index contributed by atoms with van der Waals surface area (Å²) in [5.41, 5.74) is 1.02. The van der Waals surface area contributed by atoms with Gasteiger partial charge < -0.3 is 19.4 Å². The first-order valence-electron chi connectivity index (χ1n) is 15.7. The molecule has 0 unspecified atom stereocenters. The summed E-state index contributed by atoms with van der Waals surface area (Å²) in [6, 6.07) is -0.820. The minimum Gasteiger partial charge on any atom is -0.428 e. The summed E-state index contributed by atoms with van der Waals surface area (Å²) >= 11 is 0. The molecule has 0 aliphatic carbocycles. The molecule has 0 aliphatic rings. The molecule has 0 aliphatic heterocycles. The smallest absolute Gasteiger partial charge is 0.412 e. The molecular weight excluding hydrogens is 464 g/mol. The van der Waals surface area contributed by atoms with Crippen LogP contribution < -0.4 is 0 Å². The van der Waals surface area contributed by atoms with Crippen LogP contribution in [0.3, 0.4) is 0 Å². The van der Waals surface area contributed by atoms with Crippen molar-refractivity contribution in [3.8, 4) is 0 Å². The number of para-hydroxylation sites is 1. The van der Waals surface area contributed by atoms with Gasteiger partial charge >= 0.3 is 12.1 Å². The molecule has 0 saturated carbocycles. The molecule has 1 N–H and O–H groups in total. The lowest BCUT2D eigenvalue weighted by molar-refractivity contribution is -0.152. The Hall–Kier alpha value is -3.02. The molecule has 0 saturated heterocycles. The third-order valence-corrected chi connectivity index (χ3v) is 6.16. The van der Waals surface area contributed by atoms with Crippen molar-refractivity contribution in [2.24, 2.45) is 0 Å². The zero-order valence-corrected chi connectivity index (χ0v) is 22.6. The Morgan fingerprint density at radius 2 is 1.65 bits per heavy atom. The number of fused-ring (bicyclic) bond motifs is 1. The van der Waals surface area contributed by atoms with Crippen LogP contribution in [0.4, 0.5) is 4.79 Å². The fourth-order valence-electron chi connectivity index (χ4n) is 3.88. The summed E-state index contributed by atoms with van der Waals surface area (Å²) in [5.74, 6) is -0.390. The van der Waals surface area contributed by atoms with Crippen LogP contribution >= 0.6 is 0 Å². The lowest BCUT2D eigenvalue weighted by Crippen LogP contribution is -2.30. The Morgan fingerprint density at radius 1 is 0.946 bits per heavy atom. The molecule has 1 amide bonds. The van der Waals surface area contributed by atoms with Crippen molar-refractivity contribution in [1.82, 2.24) is 9.88 Å². The van der Waals surface area contributed by atoms with Gasteiger partial charge in [-0.2, -0.15) is 0 Å². The number of unbranched alkanes of at least 4 members (excludes halogenated alkanes) is 8. The van der Waals surface area contributed by atoms with Gasteiger partial charge in [0.1, 0.15) is 0 Å². The summed E-state index contributed by atoms with van der Waals surface area (Å²) in [6.45, 7) is 2.04. The van der Waals surface area contributed by atoms with E-state index in [4.69, 9.17) is 15.0 Å². The van der Waals surface area contributed by atoms with Gasteiger partial charge in [-0.1, -0.05) is 81.5 Å². The highest BCUT2D eigenvalue weighted by atomic mass is 16.7. The highest BCUT2D eigenvalue weighted by molar-refractivity contribution is 5.83. The number of carbonyl (C=O) groups is 2. The number of esters is 1. The third-order valence-electron chi connectivity index (χ3n) is 6.16. The van der Waals surface area contributed by atoms with E-state index in [0.717, 1.165) is 44.9 Å². The number of aromatic amines is 1. The van der Waals surface area contributed by atoms with E-state index in [1.807, 2.05) is 0 Å². The quantitative estimate of drug-likeness (QED) is 0.0890. The van der Waals surface area contributed by atoms with Crippen LogP contribution in [-0.2, 0) is 20.7 Å². The molecule has 37 heavy (non-hydrogen) atoms. The first-order chi connectivity index (χ1) is 19.8. The molecule has 204 valence electrons. The number of hydrogen-bond donors (Lipinski definition) is 1. The largest absolute Gasteiger partial charge is 0.428 e. The summed E-state index contributed by atoms with van der Waals surface area (Å²) < 4.78 is 41.9. The number of nitrogens with zero attached hydrogens (tertiary/aromatic N) is 1. The van der Waals surface area contributed by atoms with E-state index in [1.54, 1.807) is 13.2 Å². The van der Waals surface area contributed by atoms with E-state index < -0.39 is 12.9 Å². The number of ether oxygens (including phenoxy) is 2. The van der Waals surface area contributed by atoms with E-state index in [0.29, 0.717) is 29.3 Å². The fourth-order valence-corrected chi connectivity index (χ4v) is 3.88. The lowest BCUT2D eigenvalue weighted by Gasteiger charge is -2.16. The Kier molecular flexibility index (Phi) is 12.6. The van der Waals surface area contributed by atoms with Crippen molar-refractivity contribution >= 4 is 23.0 Å². The predicted octanol–water partition coefficient (Wildman–Crippen LogP) is 8.09. The second-order valence-electron chi connectivity index (χ2n) is 9.26. The van der Waals surface area contributed by atoms with Crippen molar-refractivity contribution in [2.75, 3.05) is 20.4 Å². The van der Waals surface area contributed by atoms with E-state index in [1.165, 1.54) is 30.6 Å². The highest BCUT2D eigenvalue weighted by Crippen LogP contribution is 2.18. The number of aromatic nitrogens is 1. The summed E-state index contributed by atoms with van der Waals surface area (Å²) in [6.07, 6.45) is 22.8. The fraction of sp³-hybridized carbons (Fsp3) is 0.548. The van der Waals surface area contributed by atoms with E-state index in [9.17, 15) is 9.59 Å². The number of amides is 1. The third kappa shape index (κ3) is 13.2. The molecule has 0 bridgehead atoms. The van der Waals surface area contributed by atoms with Gasteiger partial charge in [0.25, 0.3) is 0 Å². The maximum absolute atomic E-state index is 12.2. The van der Waals surface area contributed by atoms with Crippen LogP contribution in [0, 0.1) is 0 Å². The first-order valence-corrected chi connectivity index (χ1v) is 13.7. The molecule has 0 spiro atoms. The zero-order chi connectivity index (χ0) is 30.0. The molecule has 2 aromatic rings. The monoisotopic (exact) mass is 514 g/mol. The summed E-state index contributed by atoms with van der Waals surface area (Å²) in [5, 5.41) is 0.417. The molecule has 1 aromatic carbocycles. The number of benzene rings is 1. The Morgan fingerprint density at radius 3 is 2.43 bits per heavy atom. The van der Waals surface area contributed by atoms with Gasteiger partial charge in [0.2, 0.25) is 6.79 Å². The average Bonchev–Trinajstić information content (AvgIpc) is 3.39. The van der Waals surface area contributed by atoms with Gasteiger partial charge in [0, 0.05) is 37.1 Å². The maximum atomic E-state index is 12.2. The van der Waals surface area contributed by atoms with Gasteiger partial charge in [-0.05, 0) is 56.6 Å². The van der Waals surface area contributed by atoms with Gasteiger partial charge in [-0.25, -0.2) is 4.79 Å². The summed E-state index contributed by atoms with van der Waals surface area (Å²) in [7, 11) is 1.55. The van der Waals surface area contributed by atoms with Crippen LogP contribution in [0.5, 0.6) is 0 Å². The van der Waals surface area contributed by atoms with Crippen LogP contribution in [0.15, 0.2) is 54.7 Å². The van der Waals surface area contributed by atoms with Crippen molar-refractivity contribution in [3.05, 3.63) is 60.2 Å². The second-order valence-corrected chi connectivity index (χ2v) is 9.26. The van der Waals surface area contributed by atoms with Crippen LogP contribution in [0.25, 0.3) is 10.9 Å². The molecular formula is C31H46N2O4. The maximum Gasteiger partial charge on any atom is 0.412 e. The number of likely N-dealkylation sites (N-methyl/N-ethyl adjacent to an activating group) is 1. The van der Waals surface area contributed by atoms with E-state index in [-0.39, 0.29) is 36.7 Å². The van der Waals surface area contributed by atoms with Crippen molar-refractivity contribution in [2.45, 2.75) is 90.4 Å². The Bertz CT molecular complexity index is 1160. The molecule has 1 aromatic heterocycles. The normalized spacial score (nSPS) is 13.0. The molecule has 6 heteroatoms. The van der Waals surface area contributed by atoms with Gasteiger partial charge in [0.15, 0.2) is 0 Å². The van der Waals surface area contributed by atoms with Gasteiger partial charge in [0.05, 0.1) is 5.48 Å². The summed E-state index contributed by atoms with van der Waals surface area (Å²) in [4.78, 5) is 28.4. The number of allylic oxidation sites excluding steroid dienone is 4. The molecule has 0 atom stereocenters. The number of carbonyl (C=O) groups excluding carboxylic acids is 2. The number of H-pyrrole nitrogens is 1. The zero-order valence-electron chi connectivity index (χ0n) is 26.6. The van der Waals surface area contributed by atoms with E-state index >= 15 is 0 Å². The highest BCUT2D eigenvalue weighted by Gasteiger charge is 2.12. The van der Waals surface area contributed by atoms with Crippen LogP contribution in [0.2, 0.25) is 0 Å². The predicted molar refractivity (Wildman–Crippen MR) is 151 cm³/mol. The second kappa shape index (κ2) is 19.1. The van der Waals surface area contributed by atoms with Gasteiger partial charge in [-0.3, -0.25) is 4.79 Å².